The fourth-order valence-corrected chi connectivity index (χ4v) is 3.20. The molecule has 0 fully saturated rings. The van der Waals surface area contributed by atoms with E-state index >= 15 is 0 Å². The molecule has 6 heteroatoms. The Morgan fingerprint density at radius 1 is 1.50 bits per heavy atom. The maximum atomic E-state index is 12.0. The molecule has 24 heavy (non-hydrogen) atoms. The quantitative estimate of drug-likeness (QED) is 0.580. The van der Waals surface area contributed by atoms with Gasteiger partial charge in [-0.25, -0.2) is 0 Å². The number of para-hydroxylation sites is 1. The second-order valence-corrected chi connectivity index (χ2v) is 6.41. The summed E-state index contributed by atoms with van der Waals surface area (Å²) < 4.78 is 0. The van der Waals surface area contributed by atoms with Crippen LogP contribution in [0.4, 0.5) is 11.4 Å². The van der Waals surface area contributed by atoms with Gasteiger partial charge < -0.3 is 20.0 Å². The SMILES string of the molecule is CC1CCN(C(=O)C=O)c2c1cccc2N(C)CCCC(O)CO. The number of anilines is 2. The third-order valence-corrected chi connectivity index (χ3v) is 4.65. The molecule has 1 aliphatic rings. The molecule has 132 valence electrons. The average Bonchev–Trinajstić information content (AvgIpc) is 2.60. The number of aldehydes is 1. The average molecular weight is 334 g/mol. The standard InChI is InChI=1S/C18H26N2O4/c1-13-8-10-20(17(24)12-22)18-15(13)6-3-7-16(18)19(2)9-4-5-14(23)11-21/h3,6-7,12-14,21,23H,4-5,8-11H2,1-2H3. The normalized spacial score (nSPS) is 18.0. The summed E-state index contributed by atoms with van der Waals surface area (Å²) in [6.45, 7) is 3.12. The number of aliphatic hydroxyl groups is 2. The summed E-state index contributed by atoms with van der Waals surface area (Å²) in [4.78, 5) is 26.6. The van der Waals surface area contributed by atoms with Gasteiger partial charge in [0.05, 0.1) is 24.1 Å². The van der Waals surface area contributed by atoms with E-state index in [0.29, 0.717) is 31.7 Å². The van der Waals surface area contributed by atoms with Gasteiger partial charge in [0.25, 0.3) is 5.91 Å². The molecule has 1 heterocycles. The van der Waals surface area contributed by atoms with Crippen molar-refractivity contribution in [3.8, 4) is 0 Å². The van der Waals surface area contributed by atoms with Crippen molar-refractivity contribution in [3.63, 3.8) is 0 Å². The summed E-state index contributed by atoms with van der Waals surface area (Å²) >= 11 is 0. The van der Waals surface area contributed by atoms with Crippen molar-refractivity contribution < 1.29 is 19.8 Å². The van der Waals surface area contributed by atoms with E-state index < -0.39 is 12.0 Å². The monoisotopic (exact) mass is 334 g/mol. The third-order valence-electron chi connectivity index (χ3n) is 4.65. The van der Waals surface area contributed by atoms with Crippen LogP contribution in [-0.4, -0.2) is 55.3 Å². The summed E-state index contributed by atoms with van der Waals surface area (Å²) in [7, 11) is 1.93. The van der Waals surface area contributed by atoms with E-state index in [1.807, 2.05) is 30.1 Å². The van der Waals surface area contributed by atoms with Gasteiger partial charge >= 0.3 is 0 Å². The molecule has 2 rings (SSSR count). The van der Waals surface area contributed by atoms with Crippen LogP contribution in [0.5, 0.6) is 0 Å². The second-order valence-electron chi connectivity index (χ2n) is 6.41. The molecule has 0 saturated heterocycles. The van der Waals surface area contributed by atoms with E-state index in [-0.39, 0.29) is 6.61 Å². The first-order valence-electron chi connectivity index (χ1n) is 8.39. The zero-order chi connectivity index (χ0) is 17.7. The summed E-state index contributed by atoms with van der Waals surface area (Å²) in [5.74, 6) is -0.181. The molecule has 0 aromatic heterocycles. The molecule has 2 atom stereocenters. The maximum absolute atomic E-state index is 12.0. The molecule has 1 aromatic carbocycles. The largest absolute Gasteiger partial charge is 0.394 e. The molecule has 2 unspecified atom stereocenters. The van der Waals surface area contributed by atoms with E-state index in [1.54, 1.807) is 4.90 Å². The van der Waals surface area contributed by atoms with Gasteiger partial charge in [-0.15, -0.1) is 0 Å². The lowest BCUT2D eigenvalue weighted by Gasteiger charge is -2.36. The molecule has 0 aliphatic carbocycles. The number of benzene rings is 1. The van der Waals surface area contributed by atoms with E-state index in [2.05, 4.69) is 6.92 Å². The first-order valence-corrected chi connectivity index (χ1v) is 8.39. The van der Waals surface area contributed by atoms with Crippen molar-refractivity contribution in [1.29, 1.82) is 0 Å². The second kappa shape index (κ2) is 8.26. The molecule has 6 nitrogen and oxygen atoms in total. The first-order chi connectivity index (χ1) is 11.5. The van der Waals surface area contributed by atoms with Crippen molar-refractivity contribution in [2.45, 2.75) is 38.2 Å². The van der Waals surface area contributed by atoms with Crippen LogP contribution in [0.1, 0.15) is 37.7 Å². The molecule has 0 saturated carbocycles. The minimum atomic E-state index is -0.698. The third kappa shape index (κ3) is 3.94. The van der Waals surface area contributed by atoms with Crippen LogP contribution in [0, 0.1) is 0 Å². The summed E-state index contributed by atoms with van der Waals surface area (Å²) in [6, 6.07) is 5.93. The number of amides is 1. The summed E-state index contributed by atoms with van der Waals surface area (Å²) in [6.07, 6.45) is 1.75. The number of carbonyl (C=O) groups excluding carboxylic acids is 2. The highest BCUT2D eigenvalue weighted by Gasteiger charge is 2.29. The van der Waals surface area contributed by atoms with Gasteiger partial charge in [-0.3, -0.25) is 9.59 Å². The lowest BCUT2D eigenvalue weighted by atomic mass is 9.90. The molecule has 0 bridgehead atoms. The number of hydrogen-bond acceptors (Lipinski definition) is 5. The number of fused-ring (bicyclic) bond motifs is 1. The highest BCUT2D eigenvalue weighted by molar-refractivity contribution is 6.31. The molecule has 1 amide bonds. The van der Waals surface area contributed by atoms with Crippen LogP contribution >= 0.6 is 0 Å². The summed E-state index contributed by atoms with van der Waals surface area (Å²) in [5, 5.41) is 18.3. The minimum absolute atomic E-state index is 0.233. The number of rotatable bonds is 7. The van der Waals surface area contributed by atoms with Crippen molar-refractivity contribution in [1.82, 2.24) is 0 Å². The predicted molar refractivity (Wildman–Crippen MR) is 93.5 cm³/mol. The Hall–Kier alpha value is -1.92. The van der Waals surface area contributed by atoms with Crippen LogP contribution in [0.15, 0.2) is 18.2 Å². The van der Waals surface area contributed by atoms with E-state index in [1.165, 1.54) is 0 Å². The molecular formula is C18H26N2O4. The lowest BCUT2D eigenvalue weighted by Crippen LogP contribution is -2.38. The molecule has 1 aromatic rings. The Kier molecular flexibility index (Phi) is 6.34. The van der Waals surface area contributed by atoms with Gasteiger partial charge in [0.2, 0.25) is 6.29 Å². The highest BCUT2D eigenvalue weighted by atomic mass is 16.3. The van der Waals surface area contributed by atoms with Crippen LogP contribution in [0.2, 0.25) is 0 Å². The first kappa shape index (κ1) is 18.4. The van der Waals surface area contributed by atoms with Gasteiger partial charge in [-0.05, 0) is 36.8 Å². The zero-order valence-corrected chi connectivity index (χ0v) is 14.3. The Balaban J connectivity index is 2.25. The number of carbonyl (C=O) groups is 2. The van der Waals surface area contributed by atoms with Gasteiger partial charge in [-0.2, -0.15) is 0 Å². The number of hydrogen-bond donors (Lipinski definition) is 2. The molecule has 0 radical (unpaired) electrons. The Labute approximate surface area is 142 Å². The van der Waals surface area contributed by atoms with Gasteiger partial charge in [0, 0.05) is 20.1 Å². The lowest BCUT2D eigenvalue weighted by molar-refractivity contribution is -0.129. The maximum Gasteiger partial charge on any atom is 0.291 e. The van der Waals surface area contributed by atoms with E-state index in [9.17, 15) is 14.7 Å². The fraction of sp³-hybridized carbons (Fsp3) is 0.556. The van der Waals surface area contributed by atoms with Crippen molar-refractivity contribution >= 4 is 23.6 Å². The van der Waals surface area contributed by atoms with Crippen molar-refractivity contribution in [2.24, 2.45) is 0 Å². The Morgan fingerprint density at radius 2 is 2.25 bits per heavy atom. The van der Waals surface area contributed by atoms with Gasteiger partial charge in [0.1, 0.15) is 0 Å². The van der Waals surface area contributed by atoms with Crippen LogP contribution in [0.25, 0.3) is 0 Å². The van der Waals surface area contributed by atoms with Gasteiger partial charge in [-0.1, -0.05) is 19.1 Å². The highest BCUT2D eigenvalue weighted by Crippen LogP contribution is 2.41. The van der Waals surface area contributed by atoms with Crippen LogP contribution < -0.4 is 9.80 Å². The number of aliphatic hydroxyl groups excluding tert-OH is 2. The van der Waals surface area contributed by atoms with Crippen molar-refractivity contribution in [3.05, 3.63) is 23.8 Å². The van der Waals surface area contributed by atoms with E-state index in [4.69, 9.17) is 5.11 Å². The van der Waals surface area contributed by atoms with Crippen LogP contribution in [-0.2, 0) is 9.59 Å². The predicted octanol–water partition coefficient (Wildman–Crippen LogP) is 1.30. The zero-order valence-electron chi connectivity index (χ0n) is 14.3. The number of nitrogens with zero attached hydrogens (tertiary/aromatic N) is 2. The Bertz CT molecular complexity index is 590. The molecule has 0 spiro atoms. The van der Waals surface area contributed by atoms with Crippen LogP contribution in [0.3, 0.4) is 0 Å². The molecule has 2 N–H and O–H groups in total. The smallest absolute Gasteiger partial charge is 0.291 e. The summed E-state index contributed by atoms with van der Waals surface area (Å²) in [5.41, 5.74) is 2.81. The Morgan fingerprint density at radius 3 is 2.92 bits per heavy atom. The fourth-order valence-electron chi connectivity index (χ4n) is 3.20. The van der Waals surface area contributed by atoms with E-state index in [0.717, 1.165) is 29.8 Å². The minimum Gasteiger partial charge on any atom is -0.394 e. The topological polar surface area (TPSA) is 81.1 Å². The van der Waals surface area contributed by atoms with Gasteiger partial charge in [0.15, 0.2) is 0 Å². The molecule has 1 aliphatic heterocycles. The van der Waals surface area contributed by atoms with Crippen molar-refractivity contribution in [2.75, 3.05) is 36.5 Å². The molecular weight excluding hydrogens is 308 g/mol.